The van der Waals surface area contributed by atoms with Gasteiger partial charge in [-0.15, -0.1) is 0 Å². The third-order valence-corrected chi connectivity index (χ3v) is 6.83. The molecule has 1 atom stereocenters. The van der Waals surface area contributed by atoms with Crippen molar-refractivity contribution in [3.05, 3.63) is 89.7 Å². The molecule has 154 valence electrons. The van der Waals surface area contributed by atoms with E-state index in [1.807, 2.05) is 12.1 Å². The Balaban J connectivity index is 1.61. The lowest BCUT2D eigenvalue weighted by atomic mass is 9.94. The SMILES string of the molecule is O=C(O)[C@H]1c2ccccc2CCN1S(=O)(=O)c1ccc(Oc2ccc(F)cc2)cc1. The van der Waals surface area contributed by atoms with Crippen molar-refractivity contribution in [1.29, 1.82) is 0 Å². The molecule has 0 bridgehead atoms. The third-order valence-electron chi connectivity index (χ3n) is 4.95. The van der Waals surface area contributed by atoms with Gasteiger partial charge in [0.15, 0.2) is 0 Å². The zero-order valence-corrected chi connectivity index (χ0v) is 16.5. The molecule has 0 radical (unpaired) electrons. The van der Waals surface area contributed by atoms with E-state index < -0.39 is 22.0 Å². The van der Waals surface area contributed by atoms with Crippen LogP contribution in [0.2, 0.25) is 0 Å². The summed E-state index contributed by atoms with van der Waals surface area (Å²) < 4.78 is 46.0. The number of hydrogen-bond acceptors (Lipinski definition) is 4. The molecule has 8 heteroatoms. The Hall–Kier alpha value is -3.23. The fourth-order valence-corrected chi connectivity index (χ4v) is 5.08. The predicted molar refractivity (Wildman–Crippen MR) is 107 cm³/mol. The predicted octanol–water partition coefficient (Wildman–Crippen LogP) is 3.99. The Morgan fingerprint density at radius 3 is 2.20 bits per heavy atom. The van der Waals surface area contributed by atoms with Gasteiger partial charge in [-0.25, -0.2) is 12.8 Å². The van der Waals surface area contributed by atoms with Crippen LogP contribution in [0.5, 0.6) is 11.5 Å². The van der Waals surface area contributed by atoms with Gasteiger partial charge in [-0.2, -0.15) is 4.31 Å². The number of benzene rings is 3. The van der Waals surface area contributed by atoms with E-state index in [0.717, 1.165) is 9.87 Å². The number of carbonyl (C=O) groups is 1. The highest BCUT2D eigenvalue weighted by Gasteiger charge is 2.40. The van der Waals surface area contributed by atoms with Crippen molar-refractivity contribution in [3.8, 4) is 11.5 Å². The number of carboxylic acid groups (broad SMARTS) is 1. The lowest BCUT2D eigenvalue weighted by Gasteiger charge is -2.33. The molecular weight excluding hydrogens is 409 g/mol. The Labute approximate surface area is 173 Å². The summed E-state index contributed by atoms with van der Waals surface area (Å²) in [5, 5.41) is 9.74. The van der Waals surface area contributed by atoms with Crippen molar-refractivity contribution < 1.29 is 27.4 Å². The maximum absolute atomic E-state index is 13.2. The molecule has 0 fully saturated rings. The van der Waals surface area contributed by atoms with E-state index in [1.165, 1.54) is 48.5 Å². The van der Waals surface area contributed by atoms with Crippen LogP contribution in [0.4, 0.5) is 4.39 Å². The van der Waals surface area contributed by atoms with Crippen molar-refractivity contribution in [2.24, 2.45) is 0 Å². The van der Waals surface area contributed by atoms with E-state index in [4.69, 9.17) is 4.74 Å². The van der Waals surface area contributed by atoms with Gasteiger partial charge in [0.2, 0.25) is 10.0 Å². The summed E-state index contributed by atoms with van der Waals surface area (Å²) in [6.07, 6.45) is 0.435. The molecule has 0 aliphatic carbocycles. The van der Waals surface area contributed by atoms with Crippen molar-refractivity contribution in [1.82, 2.24) is 4.31 Å². The number of ether oxygens (including phenoxy) is 1. The second-order valence-electron chi connectivity index (χ2n) is 6.83. The topological polar surface area (TPSA) is 83.9 Å². The smallest absolute Gasteiger partial charge is 0.326 e. The highest BCUT2D eigenvalue weighted by Crippen LogP contribution is 2.35. The fourth-order valence-electron chi connectivity index (χ4n) is 3.51. The number of hydrogen-bond donors (Lipinski definition) is 1. The number of nitrogens with zero attached hydrogens (tertiary/aromatic N) is 1. The molecule has 30 heavy (non-hydrogen) atoms. The van der Waals surface area contributed by atoms with Crippen LogP contribution in [-0.2, 0) is 21.2 Å². The summed E-state index contributed by atoms with van der Waals surface area (Å²) in [4.78, 5) is 11.9. The first-order chi connectivity index (χ1) is 14.4. The quantitative estimate of drug-likeness (QED) is 0.666. The van der Waals surface area contributed by atoms with Crippen LogP contribution >= 0.6 is 0 Å². The Kier molecular flexibility index (Phi) is 5.27. The first-order valence-corrected chi connectivity index (χ1v) is 10.7. The van der Waals surface area contributed by atoms with Crippen LogP contribution in [0.25, 0.3) is 0 Å². The maximum Gasteiger partial charge on any atom is 0.326 e. The summed E-state index contributed by atoms with van der Waals surface area (Å²) in [6.45, 7) is 0.0736. The molecule has 0 spiro atoms. The van der Waals surface area contributed by atoms with Crippen molar-refractivity contribution >= 4 is 16.0 Å². The van der Waals surface area contributed by atoms with Gasteiger partial charge in [-0.1, -0.05) is 24.3 Å². The molecule has 0 unspecified atom stereocenters. The minimum atomic E-state index is -4.05. The average Bonchev–Trinajstić information content (AvgIpc) is 2.74. The lowest BCUT2D eigenvalue weighted by molar-refractivity contribution is -0.142. The molecule has 3 aromatic carbocycles. The summed E-state index contributed by atoms with van der Waals surface area (Å²) in [6, 6.07) is 16.8. The van der Waals surface area contributed by atoms with Gasteiger partial charge in [0, 0.05) is 6.54 Å². The number of fused-ring (bicyclic) bond motifs is 1. The zero-order valence-electron chi connectivity index (χ0n) is 15.7. The normalized spacial score (nSPS) is 16.6. The highest BCUT2D eigenvalue weighted by atomic mass is 32.2. The van der Waals surface area contributed by atoms with Crippen molar-refractivity contribution in [3.63, 3.8) is 0 Å². The summed E-state index contributed by atoms with van der Waals surface area (Å²) in [5.74, 6) is -0.827. The van der Waals surface area contributed by atoms with Gasteiger partial charge in [0.05, 0.1) is 4.90 Å². The standard InChI is InChI=1S/C22H18FNO5S/c23-16-5-7-17(8-6-16)29-18-9-11-19(12-10-18)30(27,28)24-14-13-15-3-1-2-4-20(15)21(24)22(25)26/h1-12,21H,13-14H2,(H,25,26)/t21-/m1/s1. The minimum Gasteiger partial charge on any atom is -0.480 e. The molecule has 0 saturated carbocycles. The van der Waals surface area contributed by atoms with Gasteiger partial charge in [-0.3, -0.25) is 4.79 Å². The molecule has 0 aromatic heterocycles. The minimum absolute atomic E-state index is 0.0282. The Bertz CT molecular complexity index is 1180. The van der Waals surface area contributed by atoms with Crippen molar-refractivity contribution in [2.75, 3.05) is 6.54 Å². The van der Waals surface area contributed by atoms with Crippen LogP contribution in [0.1, 0.15) is 17.2 Å². The van der Waals surface area contributed by atoms with Crippen LogP contribution in [0, 0.1) is 5.82 Å². The van der Waals surface area contributed by atoms with E-state index in [2.05, 4.69) is 0 Å². The molecule has 6 nitrogen and oxygen atoms in total. The van der Waals surface area contributed by atoms with Gasteiger partial charge in [0.1, 0.15) is 23.4 Å². The van der Waals surface area contributed by atoms with Gasteiger partial charge < -0.3 is 9.84 Å². The Morgan fingerprint density at radius 2 is 1.57 bits per heavy atom. The van der Waals surface area contributed by atoms with Crippen LogP contribution in [-0.4, -0.2) is 30.3 Å². The molecule has 1 aliphatic heterocycles. The van der Waals surface area contributed by atoms with Crippen LogP contribution in [0.15, 0.2) is 77.7 Å². The molecule has 0 amide bonds. The summed E-state index contributed by atoms with van der Waals surface area (Å²) in [5.41, 5.74) is 1.32. The van der Waals surface area contributed by atoms with E-state index in [1.54, 1.807) is 12.1 Å². The summed E-state index contributed by atoms with van der Waals surface area (Å²) >= 11 is 0. The Morgan fingerprint density at radius 1 is 0.967 bits per heavy atom. The monoisotopic (exact) mass is 427 g/mol. The molecule has 1 heterocycles. The number of halogens is 1. The van der Waals surface area contributed by atoms with E-state index in [0.29, 0.717) is 23.5 Å². The number of rotatable bonds is 5. The second kappa shape index (κ2) is 7.89. The molecule has 1 N–H and O–H groups in total. The van der Waals surface area contributed by atoms with E-state index in [-0.39, 0.29) is 17.3 Å². The number of aliphatic carboxylic acids is 1. The fraction of sp³-hybridized carbons (Fsp3) is 0.136. The first-order valence-electron chi connectivity index (χ1n) is 9.22. The number of carboxylic acids is 1. The number of sulfonamides is 1. The zero-order chi connectivity index (χ0) is 21.3. The lowest BCUT2D eigenvalue weighted by Crippen LogP contribution is -2.43. The van der Waals surface area contributed by atoms with Crippen LogP contribution < -0.4 is 4.74 Å². The molecule has 0 saturated heterocycles. The first kappa shape index (κ1) is 20.1. The summed E-state index contributed by atoms with van der Waals surface area (Å²) in [7, 11) is -4.05. The van der Waals surface area contributed by atoms with Gasteiger partial charge in [-0.05, 0) is 66.1 Å². The highest BCUT2D eigenvalue weighted by molar-refractivity contribution is 7.89. The van der Waals surface area contributed by atoms with Crippen LogP contribution in [0.3, 0.4) is 0 Å². The van der Waals surface area contributed by atoms with Gasteiger partial charge in [0.25, 0.3) is 0 Å². The van der Waals surface area contributed by atoms with Gasteiger partial charge >= 0.3 is 5.97 Å². The molecular formula is C22H18FNO5S. The third kappa shape index (κ3) is 3.79. The van der Waals surface area contributed by atoms with Crippen molar-refractivity contribution in [2.45, 2.75) is 17.4 Å². The molecule has 4 rings (SSSR count). The largest absolute Gasteiger partial charge is 0.480 e. The molecule has 1 aliphatic rings. The average molecular weight is 427 g/mol. The van der Waals surface area contributed by atoms with E-state index in [9.17, 15) is 22.7 Å². The second-order valence-corrected chi connectivity index (χ2v) is 8.72. The maximum atomic E-state index is 13.2. The van der Waals surface area contributed by atoms with E-state index >= 15 is 0 Å². The molecule has 3 aromatic rings.